The molecule has 9 aromatic rings. The molecule has 17 bridgehead atoms. The van der Waals surface area contributed by atoms with E-state index < -0.39 is 152 Å². The Morgan fingerprint density at radius 2 is 1.05 bits per heavy atom. The highest BCUT2D eigenvalue weighted by Gasteiger charge is 2.41. The molecular weight excluding hydrogens is 1300 g/mol. The van der Waals surface area contributed by atoms with Crippen LogP contribution in [0.3, 0.4) is 0 Å². The lowest BCUT2D eigenvalue weighted by molar-refractivity contribution is -0.143. The zero-order valence-corrected chi connectivity index (χ0v) is 51.4. The van der Waals surface area contributed by atoms with E-state index in [-0.39, 0.29) is 67.3 Å². The third kappa shape index (κ3) is 12.7. The topological polar surface area (TPSA) is 393 Å². The number of carboxylic acids is 1. The van der Waals surface area contributed by atoms with E-state index in [4.69, 9.17) is 37.4 Å². The molecule has 6 aliphatic heterocycles. The number of fused-ring (bicyclic) bond motifs is 14. The lowest BCUT2D eigenvalue weighted by Gasteiger charge is -2.31. The van der Waals surface area contributed by atoms with E-state index in [2.05, 4.69) is 37.2 Å². The lowest BCUT2D eigenvalue weighted by atomic mass is 9.89. The number of aliphatic hydroxyl groups is 1. The van der Waals surface area contributed by atoms with E-state index in [1.165, 1.54) is 54.6 Å². The average molecular weight is 1350 g/mol. The summed E-state index contributed by atoms with van der Waals surface area (Å²) in [5.41, 5.74) is 0.310. The number of carboxylic acid groups (broad SMARTS) is 1. The Kier molecular flexibility index (Phi) is 16.8. The normalized spacial score (nSPS) is 20.6. The Bertz CT molecular complexity index is 4770. The monoisotopic (exact) mass is 1350 g/mol. The van der Waals surface area contributed by atoms with Crippen LogP contribution in [0.4, 0.5) is 5.69 Å². The highest BCUT2D eigenvalue weighted by Crippen LogP contribution is 2.48. The first kappa shape index (κ1) is 63.6. The average Bonchev–Trinajstić information content (AvgIpc) is 0.782. The molecule has 490 valence electrons. The minimum atomic E-state index is -2.20. The van der Waals surface area contributed by atoms with E-state index in [1.807, 2.05) is 42.5 Å². The van der Waals surface area contributed by atoms with Crippen molar-refractivity contribution in [3.63, 3.8) is 0 Å². The van der Waals surface area contributed by atoms with E-state index in [0.29, 0.717) is 11.3 Å². The second-order valence-electron chi connectivity index (χ2n) is 23.1. The maximum Gasteiger partial charge on any atom is 0.330 e. The Morgan fingerprint density at radius 3 is 1.73 bits per heavy atom. The predicted molar refractivity (Wildman–Crippen MR) is 346 cm³/mol. The number of aliphatic hydroxyl groups excluding tert-OH is 1. The third-order valence-electron chi connectivity index (χ3n) is 16.7. The van der Waals surface area contributed by atoms with Crippen molar-refractivity contribution < 1.29 is 88.6 Å². The number of hydrogen-bond acceptors (Lipinski definition) is 18. The number of rotatable bonds is 4. The first-order valence-corrected chi connectivity index (χ1v) is 30.5. The summed E-state index contributed by atoms with van der Waals surface area (Å²) in [6.07, 6.45) is -2.49. The van der Waals surface area contributed by atoms with E-state index in [9.17, 15) is 50.4 Å². The zero-order chi connectivity index (χ0) is 68.2. The Morgan fingerprint density at radius 1 is 0.464 bits per heavy atom. The lowest BCUT2D eigenvalue weighted by Crippen LogP contribution is -2.55. The van der Waals surface area contributed by atoms with Crippen molar-refractivity contribution >= 4 is 70.3 Å². The molecule has 6 heterocycles. The molecule has 0 saturated heterocycles. The van der Waals surface area contributed by atoms with E-state index >= 15 is 24.0 Å². The van der Waals surface area contributed by atoms with Crippen molar-refractivity contribution in [2.75, 3.05) is 5.32 Å². The number of phenolic OH excluding ortho intramolecular Hbond substituents is 6. The number of aromatic hydroxyl groups is 6. The van der Waals surface area contributed by atoms with E-state index in [1.54, 1.807) is 12.1 Å². The third-order valence-corrected chi connectivity index (χ3v) is 17.3. The number of amides is 6. The molecule has 0 radical (unpaired) electrons. The van der Waals surface area contributed by atoms with Gasteiger partial charge < -0.3 is 92.3 Å². The van der Waals surface area contributed by atoms with Gasteiger partial charge in [-0.1, -0.05) is 89.9 Å². The minimum Gasteiger partial charge on any atom is -0.508 e. The van der Waals surface area contributed by atoms with Crippen molar-refractivity contribution in [3.8, 4) is 91.2 Å². The number of phenols is 6. The van der Waals surface area contributed by atoms with Gasteiger partial charge in [-0.25, -0.2) is 4.79 Å². The summed E-state index contributed by atoms with van der Waals surface area (Å²) in [4.78, 5) is 105. The van der Waals surface area contributed by atoms with Gasteiger partial charge in [0, 0.05) is 40.9 Å². The van der Waals surface area contributed by atoms with Crippen LogP contribution in [0.2, 0.25) is 10.0 Å². The summed E-state index contributed by atoms with van der Waals surface area (Å²) >= 11 is 13.9. The molecule has 25 nitrogen and oxygen atoms in total. The quantitative estimate of drug-likeness (QED) is 0.0782. The molecule has 0 spiro atoms. The summed E-state index contributed by atoms with van der Waals surface area (Å²) in [5.74, 6) is -14.8. The van der Waals surface area contributed by atoms with Gasteiger partial charge >= 0.3 is 5.97 Å². The second-order valence-corrected chi connectivity index (χ2v) is 24.0. The summed E-state index contributed by atoms with van der Waals surface area (Å²) < 4.78 is 18.8. The largest absolute Gasteiger partial charge is 0.508 e. The van der Waals surface area contributed by atoms with Crippen LogP contribution in [0.5, 0.6) is 69.0 Å². The summed E-state index contributed by atoms with van der Waals surface area (Å²) in [7, 11) is 0. The molecule has 0 saturated carbocycles. The van der Waals surface area contributed by atoms with Crippen molar-refractivity contribution in [2.45, 2.75) is 54.8 Å². The van der Waals surface area contributed by atoms with Crippen molar-refractivity contribution in [1.82, 2.24) is 31.9 Å². The summed E-state index contributed by atoms with van der Waals surface area (Å²) in [6.45, 7) is 0. The zero-order valence-electron chi connectivity index (χ0n) is 49.9. The van der Waals surface area contributed by atoms with E-state index in [0.717, 1.165) is 71.8 Å². The van der Waals surface area contributed by atoms with Crippen LogP contribution in [0.15, 0.2) is 170 Å². The van der Waals surface area contributed by atoms with Crippen LogP contribution < -0.4 is 51.4 Å². The van der Waals surface area contributed by atoms with Crippen LogP contribution in [0.1, 0.15) is 75.3 Å². The van der Waals surface area contributed by atoms with Crippen molar-refractivity contribution in [1.29, 1.82) is 0 Å². The Hall–Kier alpha value is -12.2. The van der Waals surface area contributed by atoms with Crippen LogP contribution in [-0.4, -0.2) is 94.3 Å². The fraction of sp³-hybridized carbons (Fsp3) is 0.129. The number of carbonyl (C=O) groups excluding carboxylic acids is 6. The fourth-order valence-corrected chi connectivity index (χ4v) is 12.4. The SMILES string of the molecule is O=C1N[C@H]2C(=O)N[C@H]3C(=O)N[C@H](C(=O)N[C@H](C(=O)O)c4cc(O)cc(O)c4-c4cc3ccc4O)[C@H](O)c3ccc(c(Cl)c3)Oc3cc2cc(c3O)Oc2ccc(cc2Cl)C[C@H]2NC(=O)[C@H](Nc3ccc(-c4ccccc4)cc3)c3ccc(O)c(c3)Oc3cc(O)cc(c3)[C@@H]1NC2=O. The number of nitrogens with one attached hydrogen (secondary N) is 7. The van der Waals surface area contributed by atoms with Crippen molar-refractivity contribution in [3.05, 3.63) is 219 Å². The van der Waals surface area contributed by atoms with Gasteiger partial charge in [0.1, 0.15) is 82.6 Å². The summed E-state index contributed by atoms with van der Waals surface area (Å²) in [6, 6.07) is 25.4. The van der Waals surface area contributed by atoms with Gasteiger partial charge in [-0.3, -0.25) is 28.8 Å². The van der Waals surface area contributed by atoms with Crippen LogP contribution in [-0.2, 0) is 40.0 Å². The number of ether oxygens (including phenoxy) is 3. The first-order chi connectivity index (χ1) is 46.5. The first-order valence-electron chi connectivity index (χ1n) is 29.7. The second kappa shape index (κ2) is 25.6. The van der Waals surface area contributed by atoms with Crippen LogP contribution in [0, 0.1) is 0 Å². The van der Waals surface area contributed by atoms with Crippen LogP contribution in [0.25, 0.3) is 22.3 Å². The molecule has 15 rings (SSSR count). The van der Waals surface area contributed by atoms with Gasteiger partial charge in [-0.05, 0) is 136 Å². The number of carbonyl (C=O) groups is 7. The van der Waals surface area contributed by atoms with Crippen LogP contribution >= 0.6 is 23.2 Å². The highest BCUT2D eigenvalue weighted by molar-refractivity contribution is 6.32. The standard InChI is InChI=1S/C70H53Cl2N7O18/c71-44-18-30-6-16-50(44)96-53-25-37-26-54(63(53)86)97-51-17-11-35(23-45(51)72)62(85)61-69(92)78-60(70(93)94)43-28-40(81)29-49(84)55(43)42-22-33(9-14-47(42)82)57(66(89)79-61)76-68(91)59(37)77-67(90)58-36-20-39(80)27-41(21-36)95-52-24-34(10-15-48(52)83)56(65(88)74-46(19-30)64(87)75-58)73-38-12-7-32(8-13-38)31-4-2-1-3-5-31/h1-18,20-29,46,56-62,73,80-86H,19H2,(H,74,88)(H,75,87)(H,76,91)(H,77,90)(H,78,92)(H,79,89)(H,93,94)/t46-,56-,57-,58+,59-,60+,61+,62-/m1/s1. The number of hydrogen-bond donors (Lipinski definition) is 15. The van der Waals surface area contributed by atoms with Gasteiger partial charge in [0.25, 0.3) is 0 Å². The van der Waals surface area contributed by atoms with Gasteiger partial charge in [0.2, 0.25) is 41.2 Å². The number of anilines is 1. The number of aliphatic carboxylic acids is 1. The molecule has 97 heavy (non-hydrogen) atoms. The molecule has 15 N–H and O–H groups in total. The number of benzene rings is 9. The summed E-state index contributed by atoms with van der Waals surface area (Å²) in [5, 5.41) is 110. The minimum absolute atomic E-state index is 0.126. The van der Waals surface area contributed by atoms with Gasteiger partial charge in [-0.2, -0.15) is 0 Å². The van der Waals surface area contributed by atoms with Crippen molar-refractivity contribution in [2.24, 2.45) is 0 Å². The molecule has 6 aliphatic rings. The highest BCUT2D eigenvalue weighted by atomic mass is 35.5. The fourth-order valence-electron chi connectivity index (χ4n) is 11.9. The molecule has 8 atom stereocenters. The maximum atomic E-state index is 15.9. The molecule has 0 aliphatic carbocycles. The molecule has 0 unspecified atom stereocenters. The Balaban J connectivity index is 0.984. The Labute approximate surface area is 558 Å². The van der Waals surface area contributed by atoms with Gasteiger partial charge in [-0.15, -0.1) is 0 Å². The van der Waals surface area contributed by atoms with Gasteiger partial charge in [0.05, 0.1) is 10.0 Å². The molecule has 9 aromatic carbocycles. The predicted octanol–water partition coefficient (Wildman–Crippen LogP) is 8.81. The molecule has 6 amide bonds. The van der Waals surface area contributed by atoms with Gasteiger partial charge in [0.15, 0.2) is 29.0 Å². The smallest absolute Gasteiger partial charge is 0.330 e. The molecule has 0 fully saturated rings. The molecule has 0 aromatic heterocycles. The maximum absolute atomic E-state index is 15.9. The molecular formula is C70H53Cl2N7O18. The number of halogens is 2. The molecule has 27 heteroatoms.